The summed E-state index contributed by atoms with van der Waals surface area (Å²) in [7, 11) is 3.16. The fourth-order valence-electron chi connectivity index (χ4n) is 0.932. The highest BCUT2D eigenvalue weighted by atomic mass is 32.2. The van der Waals surface area contributed by atoms with Gasteiger partial charge in [-0.3, -0.25) is 4.79 Å². The van der Waals surface area contributed by atoms with Crippen LogP contribution in [0.25, 0.3) is 0 Å². The highest BCUT2D eigenvalue weighted by molar-refractivity contribution is 7.99. The maximum absolute atomic E-state index is 11.2. The van der Waals surface area contributed by atoms with Crippen molar-refractivity contribution >= 4 is 23.7 Å². The number of carbonyl (C=O) groups is 1. The summed E-state index contributed by atoms with van der Waals surface area (Å²) in [5.41, 5.74) is 0. The lowest BCUT2D eigenvalue weighted by molar-refractivity contribution is -0.139. The lowest BCUT2D eigenvalue weighted by Gasteiger charge is -2.05. The molecule has 7 nitrogen and oxygen atoms in total. The molecule has 1 rings (SSSR count). The predicted molar refractivity (Wildman–Crippen MR) is 63.3 cm³/mol. The van der Waals surface area contributed by atoms with Crippen LogP contribution in [0.15, 0.2) is 5.16 Å². The van der Waals surface area contributed by atoms with Crippen LogP contribution in [-0.2, 0) is 9.53 Å². The molecule has 1 N–H and O–H groups in total. The van der Waals surface area contributed by atoms with Gasteiger partial charge in [-0.05, 0) is 6.92 Å². The minimum atomic E-state index is -0.303. The van der Waals surface area contributed by atoms with Crippen LogP contribution in [0.4, 0.5) is 5.95 Å². The van der Waals surface area contributed by atoms with Crippen molar-refractivity contribution in [3.05, 3.63) is 0 Å². The summed E-state index contributed by atoms with van der Waals surface area (Å²) in [6, 6.07) is 0.204. The van der Waals surface area contributed by atoms with Crippen LogP contribution in [-0.4, -0.2) is 47.4 Å². The van der Waals surface area contributed by atoms with Gasteiger partial charge in [-0.2, -0.15) is 15.0 Å². The van der Waals surface area contributed by atoms with Crippen molar-refractivity contribution in [2.75, 3.05) is 31.8 Å². The molecule has 0 aromatic carbocycles. The first kappa shape index (κ1) is 13.5. The number of ether oxygens (including phenoxy) is 2. The topological polar surface area (TPSA) is 86.2 Å². The number of thioether (sulfide) groups is 1. The van der Waals surface area contributed by atoms with E-state index in [9.17, 15) is 4.79 Å². The standard InChI is InChI=1S/C9H14N4O3S/c1-4-16-6(14)5-17-9-12-7(10-2)11-8(13-9)15-3/h4-5H2,1-3H3,(H,10,11,12,13). The van der Waals surface area contributed by atoms with E-state index in [4.69, 9.17) is 9.47 Å². The number of carbonyl (C=O) groups excluding carboxylic acids is 1. The van der Waals surface area contributed by atoms with Gasteiger partial charge in [0.15, 0.2) is 5.16 Å². The Kier molecular flexibility index (Phi) is 5.47. The Hall–Kier alpha value is -1.57. The van der Waals surface area contributed by atoms with E-state index in [0.717, 1.165) is 0 Å². The number of nitrogens with zero attached hydrogens (tertiary/aromatic N) is 3. The second-order valence-corrected chi connectivity index (χ2v) is 3.71. The normalized spacial score (nSPS) is 9.82. The molecular weight excluding hydrogens is 244 g/mol. The largest absolute Gasteiger partial charge is 0.467 e. The molecule has 0 aliphatic rings. The Morgan fingerprint density at radius 1 is 1.41 bits per heavy atom. The lowest BCUT2D eigenvalue weighted by atomic mass is 10.8. The summed E-state index contributed by atoms with van der Waals surface area (Å²) in [5, 5.41) is 3.19. The minimum absolute atomic E-state index is 0.157. The van der Waals surface area contributed by atoms with Crippen LogP contribution in [0.5, 0.6) is 6.01 Å². The first-order chi connectivity index (χ1) is 8.19. The number of nitrogens with one attached hydrogen (secondary N) is 1. The van der Waals surface area contributed by atoms with Gasteiger partial charge in [0, 0.05) is 7.05 Å². The van der Waals surface area contributed by atoms with E-state index < -0.39 is 0 Å². The second kappa shape index (κ2) is 6.89. The molecule has 0 aliphatic carbocycles. The smallest absolute Gasteiger partial charge is 0.321 e. The van der Waals surface area contributed by atoms with Gasteiger partial charge >= 0.3 is 12.0 Å². The van der Waals surface area contributed by atoms with Gasteiger partial charge in [0.2, 0.25) is 5.95 Å². The van der Waals surface area contributed by atoms with E-state index in [0.29, 0.717) is 17.7 Å². The van der Waals surface area contributed by atoms with Crippen molar-refractivity contribution < 1.29 is 14.3 Å². The van der Waals surface area contributed by atoms with Gasteiger partial charge in [-0.25, -0.2) is 0 Å². The maximum Gasteiger partial charge on any atom is 0.321 e. The molecule has 0 amide bonds. The number of methoxy groups -OCH3 is 1. The van der Waals surface area contributed by atoms with Gasteiger partial charge in [0.25, 0.3) is 0 Å². The third-order valence-electron chi connectivity index (χ3n) is 1.63. The molecule has 0 atom stereocenters. The Morgan fingerprint density at radius 3 is 2.76 bits per heavy atom. The molecule has 0 aliphatic heterocycles. The molecule has 0 radical (unpaired) electrons. The fraction of sp³-hybridized carbons (Fsp3) is 0.556. The first-order valence-corrected chi connectivity index (χ1v) is 5.94. The molecule has 94 valence electrons. The van der Waals surface area contributed by atoms with Crippen molar-refractivity contribution in [2.24, 2.45) is 0 Å². The Balaban J connectivity index is 2.66. The highest BCUT2D eigenvalue weighted by Gasteiger charge is 2.09. The summed E-state index contributed by atoms with van der Waals surface area (Å²) in [4.78, 5) is 23.2. The average molecular weight is 258 g/mol. The summed E-state index contributed by atoms with van der Waals surface area (Å²) in [6.07, 6.45) is 0. The zero-order chi connectivity index (χ0) is 12.7. The molecule has 0 spiro atoms. The van der Waals surface area contributed by atoms with Gasteiger partial charge in [-0.15, -0.1) is 0 Å². The van der Waals surface area contributed by atoms with Crippen LogP contribution in [0.2, 0.25) is 0 Å². The Labute approximate surface area is 103 Å². The van der Waals surface area contributed by atoms with E-state index in [-0.39, 0.29) is 17.7 Å². The highest BCUT2D eigenvalue weighted by Crippen LogP contribution is 2.17. The fourth-order valence-corrected chi connectivity index (χ4v) is 1.56. The third kappa shape index (κ3) is 4.43. The maximum atomic E-state index is 11.2. The molecule has 0 unspecified atom stereocenters. The first-order valence-electron chi connectivity index (χ1n) is 4.95. The number of hydrogen-bond acceptors (Lipinski definition) is 8. The van der Waals surface area contributed by atoms with E-state index in [2.05, 4.69) is 20.3 Å². The zero-order valence-corrected chi connectivity index (χ0v) is 10.7. The van der Waals surface area contributed by atoms with Crippen molar-refractivity contribution in [3.8, 4) is 6.01 Å². The van der Waals surface area contributed by atoms with Crippen LogP contribution in [0.1, 0.15) is 6.92 Å². The average Bonchev–Trinajstić information content (AvgIpc) is 2.36. The lowest BCUT2D eigenvalue weighted by Crippen LogP contribution is -2.08. The van der Waals surface area contributed by atoms with Crippen LogP contribution < -0.4 is 10.1 Å². The zero-order valence-electron chi connectivity index (χ0n) is 9.89. The van der Waals surface area contributed by atoms with Crippen molar-refractivity contribution in [1.82, 2.24) is 15.0 Å². The molecule has 8 heteroatoms. The molecule has 0 saturated heterocycles. The monoisotopic (exact) mass is 258 g/mol. The van der Waals surface area contributed by atoms with E-state index in [1.165, 1.54) is 18.9 Å². The number of hydrogen-bond donors (Lipinski definition) is 1. The summed E-state index contributed by atoms with van der Waals surface area (Å²) < 4.78 is 9.72. The van der Waals surface area contributed by atoms with E-state index in [1.54, 1.807) is 14.0 Å². The second-order valence-electron chi connectivity index (χ2n) is 2.77. The van der Waals surface area contributed by atoms with Gasteiger partial charge < -0.3 is 14.8 Å². The third-order valence-corrected chi connectivity index (χ3v) is 2.45. The number of rotatable bonds is 6. The van der Waals surface area contributed by atoms with Gasteiger partial charge in [0.05, 0.1) is 19.5 Å². The predicted octanol–water partition coefficient (Wildman–Crippen LogP) is 0.577. The van der Waals surface area contributed by atoms with Crippen molar-refractivity contribution in [3.63, 3.8) is 0 Å². The number of aromatic nitrogens is 3. The molecule has 1 heterocycles. The van der Waals surface area contributed by atoms with Crippen LogP contribution >= 0.6 is 11.8 Å². The van der Waals surface area contributed by atoms with E-state index in [1.807, 2.05) is 0 Å². The molecule has 17 heavy (non-hydrogen) atoms. The van der Waals surface area contributed by atoms with Gasteiger partial charge in [-0.1, -0.05) is 11.8 Å². The Bertz CT molecular complexity index is 366. The number of anilines is 1. The molecule has 0 fully saturated rings. The Morgan fingerprint density at radius 2 is 2.18 bits per heavy atom. The minimum Gasteiger partial charge on any atom is -0.467 e. The van der Waals surface area contributed by atoms with E-state index >= 15 is 0 Å². The molecule has 1 aromatic heterocycles. The summed E-state index contributed by atoms with van der Waals surface area (Å²) >= 11 is 1.17. The van der Waals surface area contributed by atoms with Crippen molar-refractivity contribution in [1.29, 1.82) is 0 Å². The molecule has 1 aromatic rings. The molecular formula is C9H14N4O3S. The van der Waals surface area contributed by atoms with Gasteiger partial charge in [0.1, 0.15) is 0 Å². The summed E-state index contributed by atoms with van der Waals surface area (Å²) in [5.74, 6) is 0.246. The van der Waals surface area contributed by atoms with Crippen LogP contribution in [0, 0.1) is 0 Å². The number of esters is 1. The van der Waals surface area contributed by atoms with Crippen LogP contribution in [0.3, 0.4) is 0 Å². The van der Waals surface area contributed by atoms with Crippen molar-refractivity contribution in [2.45, 2.75) is 12.1 Å². The summed E-state index contributed by atoms with van der Waals surface area (Å²) in [6.45, 7) is 2.12. The molecule has 0 bridgehead atoms. The SMILES string of the molecule is CCOC(=O)CSc1nc(NC)nc(OC)n1. The molecule has 0 saturated carbocycles. The quantitative estimate of drug-likeness (QED) is 0.585.